The molecular formula is C13H13NOS. The smallest absolute Gasteiger partial charge is 0.202 e. The average Bonchev–Trinajstić information content (AvgIpc) is 2.75. The summed E-state index contributed by atoms with van der Waals surface area (Å²) in [7, 11) is 0. The molecule has 0 radical (unpaired) electrons. The zero-order valence-corrected chi connectivity index (χ0v) is 9.88. The molecule has 0 aliphatic heterocycles. The molecule has 0 amide bonds. The number of hydrogen-bond acceptors (Lipinski definition) is 3. The lowest BCUT2D eigenvalue weighted by Crippen LogP contribution is -2.00. The van der Waals surface area contributed by atoms with Gasteiger partial charge in [-0.25, -0.2) is 0 Å². The van der Waals surface area contributed by atoms with Crippen molar-refractivity contribution in [2.75, 3.05) is 0 Å². The molecule has 1 aromatic heterocycles. The standard InChI is InChI=1S/C13H13NOS/c1-9-2-7-12(16-9)13(15)11-5-3-10(8-14)4-6-11/h2-7H,8,14H2,1H3. The molecule has 0 bridgehead atoms. The first kappa shape index (κ1) is 11.0. The predicted octanol–water partition coefficient (Wildman–Crippen LogP) is 2.75. The molecule has 2 rings (SSSR count). The Bertz CT molecular complexity index is 499. The van der Waals surface area contributed by atoms with Gasteiger partial charge in [0.1, 0.15) is 0 Å². The summed E-state index contributed by atoms with van der Waals surface area (Å²) in [6.45, 7) is 2.51. The summed E-state index contributed by atoms with van der Waals surface area (Å²) >= 11 is 1.53. The highest BCUT2D eigenvalue weighted by atomic mass is 32.1. The number of rotatable bonds is 3. The van der Waals surface area contributed by atoms with Gasteiger partial charge in [-0.3, -0.25) is 4.79 Å². The number of ketones is 1. The second-order valence-corrected chi connectivity index (χ2v) is 4.93. The summed E-state index contributed by atoms with van der Waals surface area (Å²) in [5, 5.41) is 0. The Labute approximate surface area is 98.7 Å². The van der Waals surface area contributed by atoms with E-state index in [0.717, 1.165) is 20.9 Å². The minimum absolute atomic E-state index is 0.0849. The SMILES string of the molecule is Cc1ccc(C(=O)c2ccc(CN)cc2)s1. The van der Waals surface area contributed by atoms with Crippen LogP contribution in [0.25, 0.3) is 0 Å². The highest BCUT2D eigenvalue weighted by Gasteiger charge is 2.10. The Kier molecular flexibility index (Phi) is 3.17. The third-order valence-electron chi connectivity index (χ3n) is 2.42. The van der Waals surface area contributed by atoms with E-state index in [9.17, 15) is 4.79 Å². The minimum Gasteiger partial charge on any atom is -0.326 e. The van der Waals surface area contributed by atoms with Gasteiger partial charge in [0.2, 0.25) is 5.78 Å². The van der Waals surface area contributed by atoms with Gasteiger partial charge in [0.05, 0.1) is 4.88 Å². The number of carbonyl (C=O) groups is 1. The Morgan fingerprint density at radius 2 is 1.88 bits per heavy atom. The van der Waals surface area contributed by atoms with Crippen LogP contribution < -0.4 is 5.73 Å². The highest BCUT2D eigenvalue weighted by Crippen LogP contribution is 2.19. The summed E-state index contributed by atoms with van der Waals surface area (Å²) in [5.74, 6) is 0.0849. The molecule has 3 heteroatoms. The van der Waals surface area contributed by atoms with Crippen molar-refractivity contribution in [3.8, 4) is 0 Å². The number of nitrogens with two attached hydrogens (primary N) is 1. The quantitative estimate of drug-likeness (QED) is 0.825. The maximum Gasteiger partial charge on any atom is 0.202 e. The fraction of sp³-hybridized carbons (Fsp3) is 0.154. The van der Waals surface area contributed by atoms with Gasteiger partial charge in [-0.05, 0) is 24.6 Å². The van der Waals surface area contributed by atoms with E-state index in [0.29, 0.717) is 6.54 Å². The normalized spacial score (nSPS) is 10.4. The van der Waals surface area contributed by atoms with Crippen molar-refractivity contribution in [1.29, 1.82) is 0 Å². The van der Waals surface area contributed by atoms with Gasteiger partial charge in [-0.1, -0.05) is 24.3 Å². The van der Waals surface area contributed by atoms with Crippen LogP contribution in [0.2, 0.25) is 0 Å². The maximum absolute atomic E-state index is 12.0. The lowest BCUT2D eigenvalue weighted by atomic mass is 10.1. The molecule has 0 atom stereocenters. The molecule has 16 heavy (non-hydrogen) atoms. The van der Waals surface area contributed by atoms with Gasteiger partial charge < -0.3 is 5.73 Å². The van der Waals surface area contributed by atoms with Crippen LogP contribution in [0.5, 0.6) is 0 Å². The van der Waals surface area contributed by atoms with Gasteiger partial charge in [0.15, 0.2) is 0 Å². The van der Waals surface area contributed by atoms with Crippen LogP contribution in [-0.4, -0.2) is 5.78 Å². The van der Waals surface area contributed by atoms with E-state index in [-0.39, 0.29) is 5.78 Å². The predicted molar refractivity (Wildman–Crippen MR) is 66.8 cm³/mol. The second kappa shape index (κ2) is 4.60. The summed E-state index contributed by atoms with van der Waals surface area (Å²) < 4.78 is 0. The van der Waals surface area contributed by atoms with Crippen LogP contribution in [0.15, 0.2) is 36.4 Å². The molecule has 0 fully saturated rings. The van der Waals surface area contributed by atoms with Crippen molar-refractivity contribution in [2.45, 2.75) is 13.5 Å². The molecule has 2 N–H and O–H groups in total. The van der Waals surface area contributed by atoms with Gasteiger partial charge in [-0.15, -0.1) is 11.3 Å². The number of aryl methyl sites for hydroxylation is 1. The zero-order chi connectivity index (χ0) is 11.5. The number of benzene rings is 1. The van der Waals surface area contributed by atoms with Gasteiger partial charge in [0, 0.05) is 17.0 Å². The van der Waals surface area contributed by atoms with Crippen molar-refractivity contribution < 1.29 is 4.79 Å². The Hall–Kier alpha value is -1.45. The topological polar surface area (TPSA) is 43.1 Å². The molecule has 1 aromatic carbocycles. The summed E-state index contributed by atoms with van der Waals surface area (Å²) in [4.78, 5) is 14.0. The van der Waals surface area contributed by atoms with E-state index < -0.39 is 0 Å². The largest absolute Gasteiger partial charge is 0.326 e. The van der Waals surface area contributed by atoms with Crippen LogP contribution in [0.3, 0.4) is 0 Å². The first-order valence-electron chi connectivity index (χ1n) is 5.11. The van der Waals surface area contributed by atoms with E-state index in [1.54, 1.807) is 0 Å². The number of thiophene rings is 1. The molecule has 0 saturated heterocycles. The maximum atomic E-state index is 12.0. The molecule has 1 heterocycles. The molecule has 0 aliphatic carbocycles. The fourth-order valence-corrected chi connectivity index (χ4v) is 2.32. The molecule has 0 unspecified atom stereocenters. The van der Waals surface area contributed by atoms with Crippen molar-refractivity contribution in [3.63, 3.8) is 0 Å². The molecule has 0 aliphatic rings. The van der Waals surface area contributed by atoms with Crippen molar-refractivity contribution in [3.05, 3.63) is 57.3 Å². The average molecular weight is 231 g/mol. The van der Waals surface area contributed by atoms with Crippen LogP contribution in [0.1, 0.15) is 25.7 Å². The summed E-state index contributed by atoms with van der Waals surface area (Å²) in [5.41, 5.74) is 7.27. The monoisotopic (exact) mass is 231 g/mol. The lowest BCUT2D eigenvalue weighted by Gasteiger charge is -2.00. The molecule has 82 valence electrons. The number of hydrogen-bond donors (Lipinski definition) is 1. The van der Waals surface area contributed by atoms with Gasteiger partial charge in [0.25, 0.3) is 0 Å². The highest BCUT2D eigenvalue weighted by molar-refractivity contribution is 7.14. The Morgan fingerprint density at radius 1 is 1.19 bits per heavy atom. The molecular weight excluding hydrogens is 218 g/mol. The zero-order valence-electron chi connectivity index (χ0n) is 9.07. The minimum atomic E-state index is 0.0849. The van der Waals surface area contributed by atoms with Crippen LogP contribution in [0.4, 0.5) is 0 Å². The fourth-order valence-electron chi connectivity index (χ4n) is 1.49. The summed E-state index contributed by atoms with van der Waals surface area (Å²) in [6, 6.07) is 11.3. The summed E-state index contributed by atoms with van der Waals surface area (Å²) in [6.07, 6.45) is 0. The van der Waals surface area contributed by atoms with Crippen molar-refractivity contribution in [2.24, 2.45) is 5.73 Å². The molecule has 0 spiro atoms. The molecule has 2 nitrogen and oxygen atoms in total. The third kappa shape index (κ3) is 2.21. The first-order chi connectivity index (χ1) is 7.70. The van der Waals surface area contributed by atoms with E-state index in [4.69, 9.17) is 5.73 Å². The number of carbonyl (C=O) groups excluding carboxylic acids is 1. The van der Waals surface area contributed by atoms with Crippen LogP contribution in [0, 0.1) is 6.92 Å². The second-order valence-electron chi connectivity index (χ2n) is 3.64. The van der Waals surface area contributed by atoms with Gasteiger partial charge in [-0.2, -0.15) is 0 Å². The van der Waals surface area contributed by atoms with E-state index in [2.05, 4.69) is 0 Å². The van der Waals surface area contributed by atoms with Gasteiger partial charge >= 0.3 is 0 Å². The van der Waals surface area contributed by atoms with Crippen LogP contribution >= 0.6 is 11.3 Å². The Balaban J connectivity index is 2.27. The first-order valence-corrected chi connectivity index (χ1v) is 5.92. The molecule has 2 aromatic rings. The van der Waals surface area contributed by atoms with E-state index in [1.165, 1.54) is 11.3 Å². The third-order valence-corrected chi connectivity index (χ3v) is 3.42. The lowest BCUT2D eigenvalue weighted by molar-refractivity contribution is 0.104. The molecule has 0 saturated carbocycles. The van der Waals surface area contributed by atoms with Crippen molar-refractivity contribution >= 4 is 17.1 Å². The van der Waals surface area contributed by atoms with E-state index in [1.807, 2.05) is 43.3 Å². The van der Waals surface area contributed by atoms with E-state index >= 15 is 0 Å². The van der Waals surface area contributed by atoms with Crippen molar-refractivity contribution in [1.82, 2.24) is 0 Å². The Morgan fingerprint density at radius 3 is 2.38 bits per heavy atom. The van der Waals surface area contributed by atoms with Crippen LogP contribution in [-0.2, 0) is 6.54 Å².